The number of allylic oxidation sites excluding steroid dienone is 1. The highest BCUT2D eigenvalue weighted by molar-refractivity contribution is 7.85. The van der Waals surface area contributed by atoms with Crippen LogP contribution in [-0.4, -0.2) is 61.2 Å². The number of aromatic nitrogens is 4. The number of anilines is 2. The van der Waals surface area contributed by atoms with E-state index in [1.165, 1.54) is 16.8 Å². The van der Waals surface area contributed by atoms with Crippen LogP contribution in [0, 0.1) is 11.8 Å². The fraction of sp³-hybridized carbons (Fsp3) is 0.542. The van der Waals surface area contributed by atoms with Crippen molar-refractivity contribution in [2.45, 2.75) is 50.0 Å². The van der Waals surface area contributed by atoms with E-state index < -0.39 is 22.4 Å². The van der Waals surface area contributed by atoms with Crippen molar-refractivity contribution in [1.29, 1.82) is 0 Å². The number of ether oxygens (including phenoxy) is 1. The lowest BCUT2D eigenvalue weighted by molar-refractivity contribution is 0.138. The number of fused-ring (bicyclic) bond motifs is 3. The van der Waals surface area contributed by atoms with Crippen molar-refractivity contribution >= 4 is 34.2 Å². The molecule has 184 valence electrons. The van der Waals surface area contributed by atoms with Crippen molar-refractivity contribution in [2.24, 2.45) is 17.6 Å². The third-order valence-corrected chi connectivity index (χ3v) is 8.71. The molecule has 35 heavy (non-hydrogen) atoms. The standard InChI is InChI=1S/C24H29N7O3S/c1-24(2,12-34-22(25)32)30-21-19-18(5-6-35(19)33)28-23(29-21)31-10-15-7-14(8-16(15)11-31)20-26-9-13-3-4-17(13)27-20/h7,9,15-16H,3-6,8,10-12H2,1-2H3,(H2,25,32)(H,28,29,30)/t15-,16+,35+/m1/s1. The molecule has 3 atom stereocenters. The maximum Gasteiger partial charge on any atom is 0.404 e. The summed E-state index contributed by atoms with van der Waals surface area (Å²) in [5.74, 6) is 3.50. The van der Waals surface area contributed by atoms with Crippen molar-refractivity contribution in [2.75, 3.05) is 35.7 Å². The molecule has 2 aromatic rings. The molecule has 1 saturated heterocycles. The van der Waals surface area contributed by atoms with Crippen LogP contribution in [0.15, 0.2) is 17.2 Å². The van der Waals surface area contributed by atoms with Gasteiger partial charge < -0.3 is 20.7 Å². The Hall–Kier alpha value is -3.08. The number of nitrogens with zero attached hydrogens (tertiary/aromatic N) is 5. The molecule has 4 heterocycles. The highest BCUT2D eigenvalue weighted by Crippen LogP contribution is 2.42. The Kier molecular flexibility index (Phi) is 5.28. The summed E-state index contributed by atoms with van der Waals surface area (Å²) in [5.41, 5.74) is 9.05. The number of amides is 1. The predicted molar refractivity (Wildman–Crippen MR) is 131 cm³/mol. The maximum absolute atomic E-state index is 12.7. The monoisotopic (exact) mass is 495 g/mol. The lowest BCUT2D eigenvalue weighted by Crippen LogP contribution is -2.39. The zero-order valence-electron chi connectivity index (χ0n) is 19.9. The normalized spacial score (nSPS) is 24.3. The Morgan fingerprint density at radius 2 is 2.09 bits per heavy atom. The molecule has 10 nitrogen and oxygen atoms in total. The van der Waals surface area contributed by atoms with Crippen molar-refractivity contribution in [1.82, 2.24) is 19.9 Å². The van der Waals surface area contributed by atoms with Crippen LogP contribution in [0.25, 0.3) is 5.57 Å². The van der Waals surface area contributed by atoms with Crippen LogP contribution in [-0.2, 0) is 34.8 Å². The third kappa shape index (κ3) is 4.15. The largest absolute Gasteiger partial charge is 0.447 e. The molecule has 2 aliphatic heterocycles. The summed E-state index contributed by atoms with van der Waals surface area (Å²) in [7, 11) is -1.16. The zero-order chi connectivity index (χ0) is 24.3. The molecule has 0 spiro atoms. The summed E-state index contributed by atoms with van der Waals surface area (Å²) in [6.07, 6.45) is 7.24. The van der Waals surface area contributed by atoms with Crippen LogP contribution in [0.4, 0.5) is 16.6 Å². The number of nitrogens with two attached hydrogens (primary N) is 1. The lowest BCUT2D eigenvalue weighted by atomic mass is 9.95. The fourth-order valence-electron chi connectivity index (χ4n) is 5.36. The SMILES string of the molecule is CC(C)(COC(N)=O)Nc1nc(N2C[C@@H]3CC(c4ncc5c(n4)CC5)=C[C@@H]3C2)nc2c1[S@@](=O)CC2. The second kappa shape index (κ2) is 8.25. The number of aryl methyl sites for hydroxylation is 3. The molecule has 1 amide bonds. The van der Waals surface area contributed by atoms with Crippen LogP contribution >= 0.6 is 0 Å². The summed E-state index contributed by atoms with van der Waals surface area (Å²) in [6, 6.07) is 0. The molecule has 0 radical (unpaired) electrons. The molecular formula is C24H29N7O3S. The van der Waals surface area contributed by atoms with Gasteiger partial charge in [-0.25, -0.2) is 19.7 Å². The minimum atomic E-state index is -1.16. The van der Waals surface area contributed by atoms with Gasteiger partial charge in [-0.15, -0.1) is 0 Å². The van der Waals surface area contributed by atoms with Crippen molar-refractivity contribution in [3.8, 4) is 0 Å². The average Bonchev–Trinajstić information content (AvgIpc) is 3.46. The summed E-state index contributed by atoms with van der Waals surface area (Å²) < 4.78 is 17.7. The molecule has 0 unspecified atom stereocenters. The van der Waals surface area contributed by atoms with Gasteiger partial charge in [0.05, 0.1) is 22.0 Å². The van der Waals surface area contributed by atoms with Crippen molar-refractivity contribution in [3.63, 3.8) is 0 Å². The summed E-state index contributed by atoms with van der Waals surface area (Å²) >= 11 is 0. The van der Waals surface area contributed by atoms with Gasteiger partial charge in [0.15, 0.2) is 5.82 Å². The molecule has 2 aliphatic carbocycles. The van der Waals surface area contributed by atoms with Gasteiger partial charge >= 0.3 is 6.09 Å². The number of hydrogen-bond donors (Lipinski definition) is 2. The molecule has 11 heteroatoms. The molecule has 0 saturated carbocycles. The van der Waals surface area contributed by atoms with Gasteiger partial charge in [-0.1, -0.05) is 6.08 Å². The smallest absolute Gasteiger partial charge is 0.404 e. The van der Waals surface area contributed by atoms with Crippen LogP contribution in [0.1, 0.15) is 43.0 Å². The predicted octanol–water partition coefficient (Wildman–Crippen LogP) is 1.85. The van der Waals surface area contributed by atoms with E-state index in [0.29, 0.717) is 40.7 Å². The quantitative estimate of drug-likeness (QED) is 0.615. The second-order valence-electron chi connectivity index (χ2n) is 10.5. The van der Waals surface area contributed by atoms with Crippen molar-refractivity contribution < 1.29 is 13.7 Å². The van der Waals surface area contributed by atoms with Crippen LogP contribution < -0.4 is 16.0 Å². The van der Waals surface area contributed by atoms with E-state index >= 15 is 0 Å². The Bertz CT molecular complexity index is 1280. The first-order valence-electron chi connectivity index (χ1n) is 12.1. The minimum Gasteiger partial charge on any atom is -0.447 e. The molecule has 0 bridgehead atoms. The Morgan fingerprint density at radius 3 is 2.80 bits per heavy atom. The van der Waals surface area contributed by atoms with E-state index in [9.17, 15) is 9.00 Å². The number of carbonyl (C=O) groups is 1. The molecule has 4 aliphatic rings. The van der Waals surface area contributed by atoms with Gasteiger partial charge in [0.1, 0.15) is 17.3 Å². The summed E-state index contributed by atoms with van der Waals surface area (Å²) in [4.78, 5) is 33.0. The average molecular weight is 496 g/mol. The number of primary amides is 1. The Balaban J connectivity index is 1.23. The van der Waals surface area contributed by atoms with Gasteiger partial charge in [-0.3, -0.25) is 4.21 Å². The zero-order valence-corrected chi connectivity index (χ0v) is 20.7. The van der Waals surface area contributed by atoms with Crippen LogP contribution in [0.2, 0.25) is 0 Å². The van der Waals surface area contributed by atoms with Gasteiger partial charge in [-0.05, 0) is 56.1 Å². The third-order valence-electron chi connectivity index (χ3n) is 7.25. The topological polar surface area (TPSA) is 136 Å². The maximum atomic E-state index is 12.7. The molecule has 2 aromatic heterocycles. The first kappa shape index (κ1) is 22.4. The highest BCUT2D eigenvalue weighted by atomic mass is 32.2. The minimum absolute atomic E-state index is 0.0648. The second-order valence-corrected chi connectivity index (χ2v) is 12.0. The van der Waals surface area contributed by atoms with Gasteiger partial charge in [0, 0.05) is 37.2 Å². The van der Waals surface area contributed by atoms with E-state index in [1.54, 1.807) is 0 Å². The van der Waals surface area contributed by atoms with E-state index in [1.807, 2.05) is 20.0 Å². The van der Waals surface area contributed by atoms with Crippen molar-refractivity contribution in [3.05, 3.63) is 35.0 Å². The number of nitrogens with one attached hydrogen (secondary N) is 1. The van der Waals surface area contributed by atoms with Crippen LogP contribution in [0.5, 0.6) is 0 Å². The highest BCUT2D eigenvalue weighted by Gasteiger charge is 2.39. The number of hydrogen-bond acceptors (Lipinski definition) is 9. The first-order chi connectivity index (χ1) is 16.8. The molecule has 6 rings (SSSR count). The molecule has 3 N–H and O–H groups in total. The fourth-order valence-corrected chi connectivity index (χ4v) is 6.66. The lowest BCUT2D eigenvalue weighted by Gasteiger charge is -2.28. The molecule has 1 fully saturated rings. The Labute approximate surface area is 206 Å². The first-order valence-corrected chi connectivity index (χ1v) is 13.4. The molecular weight excluding hydrogens is 466 g/mol. The van der Waals surface area contributed by atoms with Gasteiger partial charge in [0.2, 0.25) is 5.95 Å². The van der Waals surface area contributed by atoms with Gasteiger partial charge in [0.25, 0.3) is 0 Å². The van der Waals surface area contributed by atoms with E-state index in [4.69, 9.17) is 25.4 Å². The molecule has 0 aromatic carbocycles. The number of carbonyl (C=O) groups excluding carboxylic acids is 1. The van der Waals surface area contributed by atoms with E-state index in [2.05, 4.69) is 21.3 Å². The summed E-state index contributed by atoms with van der Waals surface area (Å²) in [6.45, 7) is 5.51. The Morgan fingerprint density at radius 1 is 1.23 bits per heavy atom. The van der Waals surface area contributed by atoms with E-state index in [-0.39, 0.29) is 6.61 Å². The van der Waals surface area contributed by atoms with E-state index in [0.717, 1.165) is 43.9 Å². The van der Waals surface area contributed by atoms with Gasteiger partial charge in [-0.2, -0.15) is 4.98 Å². The summed E-state index contributed by atoms with van der Waals surface area (Å²) in [5, 5.41) is 3.33. The number of rotatable bonds is 6. The van der Waals surface area contributed by atoms with Crippen LogP contribution in [0.3, 0.4) is 0 Å².